The lowest BCUT2D eigenvalue weighted by molar-refractivity contribution is 0.387. The van der Waals surface area contributed by atoms with Crippen LogP contribution in [0.1, 0.15) is 38.4 Å². The van der Waals surface area contributed by atoms with Crippen LogP contribution in [-0.4, -0.2) is 40.9 Å². The van der Waals surface area contributed by atoms with Gasteiger partial charge in [0.15, 0.2) is 0 Å². The van der Waals surface area contributed by atoms with Crippen LogP contribution >= 0.6 is 11.8 Å². The highest BCUT2D eigenvalue weighted by Gasteiger charge is 2.36. The molecule has 2 aliphatic rings. The summed E-state index contributed by atoms with van der Waals surface area (Å²) in [4.78, 5) is 0.401. The summed E-state index contributed by atoms with van der Waals surface area (Å²) in [5.41, 5.74) is 6.68. The first kappa shape index (κ1) is 15.4. The Labute approximate surface area is 130 Å². The van der Waals surface area contributed by atoms with E-state index in [1.165, 1.54) is 0 Å². The number of sulfonamides is 1. The summed E-state index contributed by atoms with van der Waals surface area (Å²) >= 11 is 1.83. The SMILES string of the molecule is CC1(C)CN(S(=O)(=O)c2cc(CN)n(C3CC3)c2)CCS1. The molecule has 2 N–H and O–H groups in total. The van der Waals surface area contributed by atoms with Crippen molar-refractivity contribution in [3.8, 4) is 0 Å². The fourth-order valence-corrected chi connectivity index (χ4v) is 5.78. The van der Waals surface area contributed by atoms with Crippen LogP contribution in [0.5, 0.6) is 0 Å². The van der Waals surface area contributed by atoms with Gasteiger partial charge in [-0.25, -0.2) is 8.42 Å². The molecule has 1 saturated carbocycles. The molecule has 1 aliphatic heterocycles. The van der Waals surface area contributed by atoms with E-state index in [1.54, 1.807) is 16.6 Å². The van der Waals surface area contributed by atoms with Crippen LogP contribution < -0.4 is 5.73 Å². The van der Waals surface area contributed by atoms with Crippen molar-refractivity contribution < 1.29 is 8.42 Å². The lowest BCUT2D eigenvalue weighted by atomic mass is 10.2. The second-order valence-electron chi connectivity index (χ2n) is 6.46. The molecule has 0 amide bonds. The quantitative estimate of drug-likeness (QED) is 0.914. The minimum Gasteiger partial charge on any atom is -0.346 e. The maximum atomic E-state index is 12.9. The van der Waals surface area contributed by atoms with E-state index >= 15 is 0 Å². The van der Waals surface area contributed by atoms with Gasteiger partial charge in [0.1, 0.15) is 4.90 Å². The van der Waals surface area contributed by atoms with Crippen molar-refractivity contribution in [2.24, 2.45) is 5.73 Å². The van der Waals surface area contributed by atoms with Crippen molar-refractivity contribution in [3.05, 3.63) is 18.0 Å². The third kappa shape index (κ3) is 3.02. The van der Waals surface area contributed by atoms with Crippen LogP contribution in [0.4, 0.5) is 0 Å². The van der Waals surface area contributed by atoms with E-state index < -0.39 is 10.0 Å². The van der Waals surface area contributed by atoms with Crippen LogP contribution in [0, 0.1) is 0 Å². The first-order valence-corrected chi connectivity index (χ1v) is 9.81. The average molecular weight is 329 g/mol. The molecule has 0 spiro atoms. The largest absolute Gasteiger partial charge is 0.346 e. The third-order valence-corrected chi connectivity index (χ3v) is 7.19. The monoisotopic (exact) mass is 329 g/mol. The van der Waals surface area contributed by atoms with Crippen molar-refractivity contribution in [1.29, 1.82) is 0 Å². The van der Waals surface area contributed by atoms with Gasteiger partial charge in [-0.1, -0.05) is 0 Å². The summed E-state index contributed by atoms with van der Waals surface area (Å²) in [5.74, 6) is 0.847. The van der Waals surface area contributed by atoms with Crippen molar-refractivity contribution in [2.75, 3.05) is 18.8 Å². The van der Waals surface area contributed by atoms with Crippen LogP contribution in [0.2, 0.25) is 0 Å². The zero-order chi connectivity index (χ0) is 15.3. The normalized spacial score (nSPS) is 23.4. The van der Waals surface area contributed by atoms with E-state index in [4.69, 9.17) is 5.73 Å². The molecule has 3 rings (SSSR count). The average Bonchev–Trinajstić information content (AvgIpc) is 3.16. The van der Waals surface area contributed by atoms with Gasteiger partial charge in [-0.2, -0.15) is 16.1 Å². The summed E-state index contributed by atoms with van der Waals surface area (Å²) in [5, 5.41) is 0. The van der Waals surface area contributed by atoms with Gasteiger partial charge in [-0.15, -0.1) is 0 Å². The number of aromatic nitrogens is 1. The lowest BCUT2D eigenvalue weighted by Crippen LogP contribution is -2.45. The van der Waals surface area contributed by atoms with E-state index in [-0.39, 0.29) is 4.75 Å². The summed E-state index contributed by atoms with van der Waals surface area (Å²) in [6.45, 7) is 5.73. The molecule has 2 heterocycles. The van der Waals surface area contributed by atoms with Gasteiger partial charge in [-0.3, -0.25) is 0 Å². The van der Waals surface area contributed by atoms with Gasteiger partial charge in [0.2, 0.25) is 10.0 Å². The van der Waals surface area contributed by atoms with Gasteiger partial charge in [0.05, 0.1) is 0 Å². The summed E-state index contributed by atoms with van der Waals surface area (Å²) < 4.78 is 29.4. The van der Waals surface area contributed by atoms with E-state index in [1.807, 2.05) is 11.8 Å². The predicted octanol–water partition coefficient (Wildman–Crippen LogP) is 1.80. The highest BCUT2D eigenvalue weighted by atomic mass is 32.2. The highest BCUT2D eigenvalue weighted by Crippen LogP contribution is 2.38. The van der Waals surface area contributed by atoms with E-state index in [0.717, 1.165) is 24.3 Å². The Bertz CT molecular complexity index is 633. The summed E-state index contributed by atoms with van der Waals surface area (Å²) in [6, 6.07) is 2.20. The number of hydrogen-bond acceptors (Lipinski definition) is 4. The highest BCUT2D eigenvalue weighted by molar-refractivity contribution is 8.00. The molecule has 1 aliphatic carbocycles. The fourth-order valence-electron chi connectivity index (χ4n) is 2.82. The number of nitrogens with zero attached hydrogens (tertiary/aromatic N) is 2. The van der Waals surface area contributed by atoms with Crippen molar-refractivity contribution in [2.45, 2.75) is 48.9 Å². The lowest BCUT2D eigenvalue weighted by Gasteiger charge is -2.36. The molecule has 0 atom stereocenters. The zero-order valence-corrected chi connectivity index (χ0v) is 14.2. The number of nitrogens with two attached hydrogens (primary N) is 1. The summed E-state index contributed by atoms with van der Waals surface area (Å²) in [7, 11) is -3.41. The molecule has 1 saturated heterocycles. The van der Waals surface area contributed by atoms with Crippen molar-refractivity contribution >= 4 is 21.8 Å². The first-order chi connectivity index (χ1) is 9.83. The number of hydrogen-bond donors (Lipinski definition) is 1. The minimum absolute atomic E-state index is 0.0267. The molecule has 1 aromatic heterocycles. The van der Waals surface area contributed by atoms with E-state index in [2.05, 4.69) is 18.4 Å². The topological polar surface area (TPSA) is 68.3 Å². The van der Waals surface area contributed by atoms with Gasteiger partial charge in [0.25, 0.3) is 0 Å². The Kier molecular flexibility index (Phi) is 3.88. The Morgan fingerprint density at radius 2 is 2.14 bits per heavy atom. The number of thioether (sulfide) groups is 1. The van der Waals surface area contributed by atoms with E-state index in [9.17, 15) is 8.42 Å². The Morgan fingerprint density at radius 1 is 1.43 bits per heavy atom. The molecule has 1 aromatic rings. The predicted molar refractivity (Wildman–Crippen MR) is 85.9 cm³/mol. The molecular weight excluding hydrogens is 306 g/mol. The van der Waals surface area contributed by atoms with Crippen LogP contribution in [0.25, 0.3) is 0 Å². The maximum Gasteiger partial charge on any atom is 0.244 e. The van der Waals surface area contributed by atoms with Gasteiger partial charge in [-0.05, 0) is 32.8 Å². The molecule has 0 aromatic carbocycles. The summed E-state index contributed by atoms with van der Waals surface area (Å²) in [6.07, 6.45) is 4.02. The zero-order valence-electron chi connectivity index (χ0n) is 12.6. The van der Waals surface area contributed by atoms with Gasteiger partial charge in [0, 0.05) is 48.1 Å². The molecular formula is C14H23N3O2S2. The maximum absolute atomic E-state index is 12.9. The second-order valence-corrected chi connectivity index (χ2v) is 10.2. The minimum atomic E-state index is -3.41. The van der Waals surface area contributed by atoms with Crippen molar-refractivity contribution in [3.63, 3.8) is 0 Å². The fraction of sp³-hybridized carbons (Fsp3) is 0.714. The molecule has 0 radical (unpaired) electrons. The molecule has 0 unspecified atom stereocenters. The van der Waals surface area contributed by atoms with Crippen molar-refractivity contribution in [1.82, 2.24) is 8.87 Å². The van der Waals surface area contributed by atoms with Crippen LogP contribution in [0.3, 0.4) is 0 Å². The van der Waals surface area contributed by atoms with Gasteiger partial charge < -0.3 is 10.3 Å². The Morgan fingerprint density at radius 3 is 2.71 bits per heavy atom. The first-order valence-electron chi connectivity index (χ1n) is 7.38. The molecule has 5 nitrogen and oxygen atoms in total. The number of rotatable bonds is 4. The molecule has 7 heteroatoms. The van der Waals surface area contributed by atoms with E-state index in [0.29, 0.717) is 30.6 Å². The molecule has 21 heavy (non-hydrogen) atoms. The van der Waals surface area contributed by atoms with Gasteiger partial charge >= 0.3 is 0 Å². The third-order valence-electron chi connectivity index (χ3n) is 4.08. The second kappa shape index (κ2) is 5.30. The molecule has 118 valence electrons. The Hall–Kier alpha value is -0.500. The van der Waals surface area contributed by atoms with Crippen LogP contribution in [-0.2, 0) is 16.6 Å². The molecule has 0 bridgehead atoms. The standard InChI is InChI=1S/C14H23N3O2S2/c1-14(2)10-16(5-6-20-14)21(18,19)13-7-12(8-15)17(9-13)11-3-4-11/h7,9,11H,3-6,8,10,15H2,1-2H3. The molecule has 2 fully saturated rings. The Balaban J connectivity index is 1.91. The smallest absolute Gasteiger partial charge is 0.244 e. The van der Waals surface area contributed by atoms with Crippen LogP contribution in [0.15, 0.2) is 17.2 Å².